The maximum absolute atomic E-state index is 12.3. The summed E-state index contributed by atoms with van der Waals surface area (Å²) in [5.41, 5.74) is 1.50. The molecule has 2 bridgehead atoms. The van der Waals surface area contributed by atoms with E-state index in [1.165, 1.54) is 6.33 Å². The minimum Gasteiger partial charge on any atom is -0.368 e. The zero-order valence-electron chi connectivity index (χ0n) is 19.5. The first-order valence-corrected chi connectivity index (χ1v) is 12.0. The van der Waals surface area contributed by atoms with Crippen LogP contribution in [0.15, 0.2) is 30.6 Å². The quantitative estimate of drug-likeness (QED) is 0.470. The molecule has 3 aliphatic rings. The summed E-state index contributed by atoms with van der Waals surface area (Å²) in [6, 6.07) is 8.08. The van der Waals surface area contributed by atoms with Crippen LogP contribution in [-0.4, -0.2) is 53.7 Å². The third-order valence-corrected chi connectivity index (χ3v) is 7.64. The number of nitro groups is 1. The largest absolute Gasteiger partial charge is 0.368 e. The topological polar surface area (TPSA) is 78.6 Å². The highest BCUT2D eigenvalue weighted by atomic mass is 35.5. The molecule has 1 aliphatic carbocycles. The molecule has 2 saturated heterocycles. The smallest absolute Gasteiger partial charge is 0.353 e. The molecule has 176 valence electrons. The van der Waals surface area contributed by atoms with Gasteiger partial charge < -0.3 is 14.7 Å². The second kappa shape index (κ2) is 8.01. The molecular weight excluding hydrogens is 440 g/mol. The van der Waals surface area contributed by atoms with Gasteiger partial charge in [0.15, 0.2) is 0 Å². The van der Waals surface area contributed by atoms with Gasteiger partial charge in [-0.2, -0.15) is 0 Å². The molecule has 8 nitrogen and oxygen atoms in total. The van der Waals surface area contributed by atoms with Crippen LogP contribution in [0.2, 0.25) is 5.02 Å². The first-order chi connectivity index (χ1) is 15.6. The number of piperazine rings is 1. The first-order valence-electron chi connectivity index (χ1n) is 11.7. The number of nitrogens with zero attached hydrogens (tertiary/aromatic N) is 6. The van der Waals surface area contributed by atoms with Crippen molar-refractivity contribution in [3.05, 3.63) is 45.7 Å². The number of hydrogen-bond acceptors (Lipinski definition) is 7. The van der Waals surface area contributed by atoms with Crippen molar-refractivity contribution in [3.8, 4) is 0 Å². The predicted octanol–water partition coefficient (Wildman–Crippen LogP) is 4.77. The number of hydrogen-bond donors (Lipinski definition) is 0. The molecule has 2 aliphatic heterocycles. The highest BCUT2D eigenvalue weighted by molar-refractivity contribution is 6.30. The average molecular weight is 471 g/mol. The Morgan fingerprint density at radius 1 is 1.06 bits per heavy atom. The van der Waals surface area contributed by atoms with Gasteiger partial charge in [0.05, 0.1) is 4.92 Å². The van der Waals surface area contributed by atoms with Gasteiger partial charge in [0, 0.05) is 49.5 Å². The molecule has 0 radical (unpaired) electrons. The molecular formula is C24H31ClN6O2. The van der Waals surface area contributed by atoms with Crippen LogP contribution in [0.4, 0.5) is 23.0 Å². The zero-order chi connectivity index (χ0) is 23.4. The predicted molar refractivity (Wildman–Crippen MR) is 131 cm³/mol. The Balaban J connectivity index is 1.41. The van der Waals surface area contributed by atoms with Gasteiger partial charge in [-0.15, -0.1) is 0 Å². The lowest BCUT2D eigenvalue weighted by Crippen LogP contribution is -2.47. The maximum atomic E-state index is 12.3. The number of fused-ring (bicyclic) bond motifs is 2. The van der Waals surface area contributed by atoms with E-state index >= 15 is 0 Å². The van der Waals surface area contributed by atoms with Crippen LogP contribution in [0.5, 0.6) is 0 Å². The van der Waals surface area contributed by atoms with Gasteiger partial charge in [0.25, 0.3) is 0 Å². The molecule has 3 heterocycles. The number of halogens is 1. The van der Waals surface area contributed by atoms with Gasteiger partial charge >= 0.3 is 5.69 Å². The molecule has 5 rings (SSSR count). The van der Waals surface area contributed by atoms with Crippen molar-refractivity contribution in [2.24, 2.45) is 10.8 Å². The van der Waals surface area contributed by atoms with Crippen LogP contribution in [0.1, 0.15) is 40.0 Å². The minimum absolute atomic E-state index is 0.0441. The second-order valence-corrected chi connectivity index (χ2v) is 11.4. The van der Waals surface area contributed by atoms with Crippen LogP contribution >= 0.6 is 11.6 Å². The third-order valence-electron chi connectivity index (χ3n) is 7.41. The molecule has 1 aromatic carbocycles. The lowest BCUT2D eigenvalue weighted by molar-refractivity contribution is -0.383. The lowest BCUT2D eigenvalue weighted by Gasteiger charge is -2.39. The Bertz CT molecular complexity index is 1070. The van der Waals surface area contributed by atoms with Crippen LogP contribution in [0.3, 0.4) is 0 Å². The van der Waals surface area contributed by atoms with Crippen molar-refractivity contribution in [1.29, 1.82) is 0 Å². The zero-order valence-corrected chi connectivity index (χ0v) is 20.3. The molecule has 9 heteroatoms. The van der Waals surface area contributed by atoms with Crippen LogP contribution in [0.25, 0.3) is 0 Å². The normalized spacial score (nSPS) is 26.5. The van der Waals surface area contributed by atoms with Gasteiger partial charge in [-0.25, -0.2) is 9.97 Å². The Morgan fingerprint density at radius 2 is 1.76 bits per heavy atom. The Morgan fingerprint density at radius 3 is 2.45 bits per heavy atom. The molecule has 1 aromatic heterocycles. The first kappa shape index (κ1) is 22.2. The summed E-state index contributed by atoms with van der Waals surface area (Å²) >= 11 is 6.16. The van der Waals surface area contributed by atoms with Crippen molar-refractivity contribution in [3.63, 3.8) is 0 Å². The van der Waals surface area contributed by atoms with E-state index < -0.39 is 0 Å². The van der Waals surface area contributed by atoms with Gasteiger partial charge in [0.2, 0.25) is 11.6 Å². The van der Waals surface area contributed by atoms with Gasteiger partial charge in [-0.3, -0.25) is 10.1 Å². The van der Waals surface area contributed by atoms with Crippen LogP contribution in [-0.2, 0) is 0 Å². The van der Waals surface area contributed by atoms with E-state index in [-0.39, 0.29) is 27.5 Å². The van der Waals surface area contributed by atoms with Crippen molar-refractivity contribution >= 4 is 34.6 Å². The summed E-state index contributed by atoms with van der Waals surface area (Å²) in [5.74, 6) is 0.912. The molecule has 0 amide bonds. The van der Waals surface area contributed by atoms with E-state index in [0.29, 0.717) is 29.7 Å². The molecule has 0 N–H and O–H groups in total. The van der Waals surface area contributed by atoms with Gasteiger partial charge in [-0.1, -0.05) is 38.4 Å². The fraction of sp³-hybridized carbons (Fsp3) is 0.583. The van der Waals surface area contributed by atoms with E-state index in [2.05, 4.69) is 40.5 Å². The van der Waals surface area contributed by atoms with E-state index in [1.54, 1.807) is 0 Å². The summed E-state index contributed by atoms with van der Waals surface area (Å²) in [6.45, 7) is 10.5. The minimum atomic E-state index is -0.288. The summed E-state index contributed by atoms with van der Waals surface area (Å²) in [5, 5.41) is 13.0. The lowest BCUT2D eigenvalue weighted by atomic mass is 9.65. The monoisotopic (exact) mass is 470 g/mol. The summed E-state index contributed by atoms with van der Waals surface area (Å²) in [7, 11) is 0. The Kier molecular flexibility index (Phi) is 5.39. The molecule has 2 atom stereocenters. The number of anilines is 3. The Labute approximate surface area is 199 Å². The number of aromatic nitrogens is 2. The second-order valence-electron chi connectivity index (χ2n) is 10.9. The molecule has 2 unspecified atom stereocenters. The summed E-state index contributed by atoms with van der Waals surface area (Å²) < 4.78 is 0. The standard InChI is InChI=1S/C24H31ClN6O2/c1-23(2)12-19-13-24(3,14-23)15-30(19)22-20(31(32)33)21(26-16-27-22)29-9-7-28(8-10-29)18-6-4-5-17(25)11-18/h4-6,11,16,19H,7-10,12-15H2,1-3H3. The highest BCUT2D eigenvalue weighted by Gasteiger charge is 2.51. The maximum Gasteiger partial charge on any atom is 0.353 e. The summed E-state index contributed by atoms with van der Waals surface area (Å²) in [4.78, 5) is 27.4. The van der Waals surface area contributed by atoms with Crippen LogP contribution < -0.4 is 14.7 Å². The van der Waals surface area contributed by atoms with Gasteiger partial charge in [0.1, 0.15) is 6.33 Å². The SMILES string of the molecule is CC1(C)CC2CC(C)(CN2c2ncnc(N3CCN(c4cccc(Cl)c4)CC3)c2[N+](=O)[O-])C1. The highest BCUT2D eigenvalue weighted by Crippen LogP contribution is 2.54. The van der Waals surface area contributed by atoms with Crippen molar-refractivity contribution in [2.45, 2.75) is 46.1 Å². The number of benzene rings is 1. The molecule has 33 heavy (non-hydrogen) atoms. The number of rotatable bonds is 4. The fourth-order valence-electron chi connectivity index (χ4n) is 6.52. The van der Waals surface area contributed by atoms with E-state index in [4.69, 9.17) is 11.6 Å². The fourth-order valence-corrected chi connectivity index (χ4v) is 6.71. The Hall–Kier alpha value is -2.61. The van der Waals surface area contributed by atoms with Crippen molar-refractivity contribution in [2.75, 3.05) is 47.4 Å². The third kappa shape index (κ3) is 4.21. The van der Waals surface area contributed by atoms with E-state index in [9.17, 15) is 10.1 Å². The van der Waals surface area contributed by atoms with Crippen LogP contribution in [0, 0.1) is 20.9 Å². The molecule has 3 fully saturated rings. The van der Waals surface area contributed by atoms with E-state index in [1.807, 2.05) is 29.2 Å². The summed E-state index contributed by atoms with van der Waals surface area (Å²) in [6.07, 6.45) is 4.71. The van der Waals surface area contributed by atoms with E-state index in [0.717, 1.165) is 44.6 Å². The molecule has 1 saturated carbocycles. The molecule has 2 aromatic rings. The van der Waals surface area contributed by atoms with Crippen molar-refractivity contribution in [1.82, 2.24) is 9.97 Å². The van der Waals surface area contributed by atoms with Crippen molar-refractivity contribution < 1.29 is 4.92 Å². The van der Waals surface area contributed by atoms with Gasteiger partial charge in [-0.05, 0) is 48.3 Å². The average Bonchev–Trinajstić information content (AvgIpc) is 3.01. The molecule has 0 spiro atoms.